The van der Waals surface area contributed by atoms with Gasteiger partial charge in [-0.1, -0.05) is 48.6 Å². The van der Waals surface area contributed by atoms with Crippen molar-refractivity contribution in [2.24, 2.45) is 11.3 Å². The number of nitrogens with zero attached hydrogens (tertiary/aromatic N) is 3. The van der Waals surface area contributed by atoms with E-state index in [1.165, 1.54) is 0 Å². The van der Waals surface area contributed by atoms with Gasteiger partial charge in [-0.05, 0) is 28.8 Å². The van der Waals surface area contributed by atoms with E-state index in [0.717, 1.165) is 11.1 Å². The van der Waals surface area contributed by atoms with Gasteiger partial charge < -0.3 is 0 Å². The molecule has 0 saturated carbocycles. The number of benzene rings is 1. The van der Waals surface area contributed by atoms with Crippen molar-refractivity contribution in [2.75, 3.05) is 0 Å². The average Bonchev–Trinajstić information content (AvgIpc) is 2.71. The summed E-state index contributed by atoms with van der Waals surface area (Å²) in [5.74, 6) is -0.275. The lowest BCUT2D eigenvalue weighted by Gasteiger charge is -2.23. The predicted molar refractivity (Wildman–Crippen MR) is 82.6 cm³/mol. The largest absolute Gasteiger partial charge is 0.196 e. The van der Waals surface area contributed by atoms with Crippen molar-refractivity contribution in [3.63, 3.8) is 0 Å². The number of allylic oxidation sites excluding steroid dienone is 8. The monoisotopic (exact) mass is 281 g/mol. The Morgan fingerprint density at radius 1 is 0.909 bits per heavy atom. The van der Waals surface area contributed by atoms with Crippen molar-refractivity contribution in [1.29, 1.82) is 15.8 Å². The van der Waals surface area contributed by atoms with Crippen LogP contribution >= 0.6 is 0 Å². The Balaban J connectivity index is 2.18. The molecule has 0 aromatic heterocycles. The first-order valence-corrected chi connectivity index (χ1v) is 6.85. The maximum Gasteiger partial charge on any atom is 0.179 e. The van der Waals surface area contributed by atoms with Crippen molar-refractivity contribution in [1.82, 2.24) is 0 Å². The minimum absolute atomic E-state index is 0.275. The van der Waals surface area contributed by atoms with Crippen LogP contribution in [0.15, 0.2) is 66.3 Å². The standard InChI is InChI=1S/C19H11N3/c20-11-14-6-8-15(9-7-14)18-10-16-4-2-1-3-5-17(16)19(18,12-21)13-22/h1-10,17H/t17-/m1/s1. The molecule has 0 fully saturated rings. The van der Waals surface area contributed by atoms with Crippen LogP contribution < -0.4 is 0 Å². The van der Waals surface area contributed by atoms with Crippen LogP contribution in [-0.2, 0) is 0 Å². The molecule has 0 amide bonds. The predicted octanol–water partition coefficient (Wildman–Crippen LogP) is 3.66. The lowest BCUT2D eigenvalue weighted by Crippen LogP contribution is -2.24. The molecule has 3 rings (SSSR count). The molecule has 0 radical (unpaired) electrons. The summed E-state index contributed by atoms with van der Waals surface area (Å²) in [6, 6.07) is 13.5. The van der Waals surface area contributed by atoms with Gasteiger partial charge in [0.25, 0.3) is 0 Å². The molecule has 1 aromatic carbocycles. The summed E-state index contributed by atoms with van der Waals surface area (Å²) in [5.41, 5.74) is 1.76. The van der Waals surface area contributed by atoms with Gasteiger partial charge in [0.15, 0.2) is 5.41 Å². The SMILES string of the molecule is N#Cc1ccc(C2=CC3=CC=CC=C[C@H]3C2(C#N)C#N)cc1. The molecule has 2 aliphatic carbocycles. The first-order chi connectivity index (χ1) is 10.7. The molecule has 0 saturated heterocycles. The molecule has 1 atom stereocenters. The zero-order valence-corrected chi connectivity index (χ0v) is 11.7. The summed E-state index contributed by atoms with van der Waals surface area (Å²) in [6.07, 6.45) is 11.4. The smallest absolute Gasteiger partial charge is 0.179 e. The van der Waals surface area contributed by atoms with Crippen LogP contribution in [0.2, 0.25) is 0 Å². The Morgan fingerprint density at radius 3 is 2.27 bits per heavy atom. The van der Waals surface area contributed by atoms with E-state index < -0.39 is 5.41 Å². The molecule has 0 unspecified atom stereocenters. The number of nitriles is 3. The minimum atomic E-state index is -1.23. The van der Waals surface area contributed by atoms with Crippen LogP contribution in [0.4, 0.5) is 0 Å². The lowest BCUT2D eigenvalue weighted by molar-refractivity contribution is 0.578. The van der Waals surface area contributed by atoms with Gasteiger partial charge in [0.05, 0.1) is 23.8 Å². The third-order valence-corrected chi connectivity index (χ3v) is 4.05. The minimum Gasteiger partial charge on any atom is -0.196 e. The van der Waals surface area contributed by atoms with Crippen LogP contribution in [0.1, 0.15) is 11.1 Å². The summed E-state index contributed by atoms with van der Waals surface area (Å²) in [6.45, 7) is 0. The fourth-order valence-electron chi connectivity index (χ4n) is 2.92. The topological polar surface area (TPSA) is 71.4 Å². The molecule has 1 aromatic rings. The van der Waals surface area contributed by atoms with Crippen molar-refractivity contribution >= 4 is 5.57 Å². The summed E-state index contributed by atoms with van der Waals surface area (Å²) in [5, 5.41) is 28.4. The quantitative estimate of drug-likeness (QED) is 0.788. The highest BCUT2D eigenvalue weighted by atomic mass is 14.5. The van der Waals surface area contributed by atoms with Crippen molar-refractivity contribution in [2.45, 2.75) is 0 Å². The van der Waals surface area contributed by atoms with Gasteiger partial charge in [0.1, 0.15) is 0 Å². The molecule has 3 nitrogen and oxygen atoms in total. The Bertz CT molecular complexity index is 845. The van der Waals surface area contributed by atoms with E-state index in [4.69, 9.17) is 5.26 Å². The number of rotatable bonds is 1. The second-order valence-electron chi connectivity index (χ2n) is 5.19. The van der Waals surface area contributed by atoms with Gasteiger partial charge in [-0.15, -0.1) is 0 Å². The number of fused-ring (bicyclic) bond motifs is 1. The summed E-state index contributed by atoms with van der Waals surface area (Å²) >= 11 is 0. The van der Waals surface area contributed by atoms with E-state index in [1.807, 2.05) is 36.5 Å². The molecule has 102 valence electrons. The molecule has 3 heteroatoms. The Labute approximate surface area is 129 Å². The van der Waals surface area contributed by atoms with Crippen LogP contribution in [0.5, 0.6) is 0 Å². The first-order valence-electron chi connectivity index (χ1n) is 6.85. The normalized spacial score (nSPS) is 20.7. The fraction of sp³-hybridized carbons (Fsp3) is 0.105. The van der Waals surface area contributed by atoms with Crippen LogP contribution in [-0.4, -0.2) is 0 Å². The third-order valence-electron chi connectivity index (χ3n) is 4.05. The molecule has 0 aliphatic heterocycles. The van der Waals surface area contributed by atoms with Crippen LogP contribution in [0, 0.1) is 45.3 Å². The maximum atomic E-state index is 9.73. The van der Waals surface area contributed by atoms with Gasteiger partial charge in [0.2, 0.25) is 0 Å². The second-order valence-corrected chi connectivity index (χ2v) is 5.19. The molecular formula is C19H11N3. The van der Waals surface area contributed by atoms with Gasteiger partial charge in [-0.3, -0.25) is 0 Å². The molecule has 2 aliphatic rings. The number of hydrogen-bond donors (Lipinski definition) is 0. The fourth-order valence-corrected chi connectivity index (χ4v) is 2.92. The van der Waals surface area contributed by atoms with Crippen molar-refractivity contribution in [3.05, 3.63) is 77.4 Å². The van der Waals surface area contributed by atoms with Crippen molar-refractivity contribution < 1.29 is 0 Å². The zero-order valence-electron chi connectivity index (χ0n) is 11.7. The highest BCUT2D eigenvalue weighted by molar-refractivity contribution is 5.83. The van der Waals surface area contributed by atoms with E-state index in [1.54, 1.807) is 24.3 Å². The highest BCUT2D eigenvalue weighted by Gasteiger charge is 2.48. The third kappa shape index (κ3) is 1.87. The Hall–Kier alpha value is -3.35. The average molecular weight is 281 g/mol. The molecule has 0 heterocycles. The second kappa shape index (κ2) is 5.21. The van der Waals surface area contributed by atoms with E-state index in [-0.39, 0.29) is 5.92 Å². The molecule has 0 N–H and O–H groups in total. The van der Waals surface area contributed by atoms with E-state index in [9.17, 15) is 10.5 Å². The Morgan fingerprint density at radius 2 is 1.64 bits per heavy atom. The molecule has 0 bridgehead atoms. The van der Waals surface area contributed by atoms with Gasteiger partial charge in [-0.25, -0.2) is 0 Å². The van der Waals surface area contributed by atoms with Crippen molar-refractivity contribution in [3.8, 4) is 18.2 Å². The van der Waals surface area contributed by atoms with Crippen LogP contribution in [0.3, 0.4) is 0 Å². The van der Waals surface area contributed by atoms with Gasteiger partial charge in [-0.2, -0.15) is 15.8 Å². The zero-order chi connectivity index (χ0) is 15.6. The van der Waals surface area contributed by atoms with E-state index >= 15 is 0 Å². The van der Waals surface area contributed by atoms with Gasteiger partial charge >= 0.3 is 0 Å². The number of hydrogen-bond acceptors (Lipinski definition) is 3. The van der Waals surface area contributed by atoms with Crippen LogP contribution in [0.25, 0.3) is 5.57 Å². The first kappa shape index (κ1) is 13.6. The summed E-state index contributed by atoms with van der Waals surface area (Å²) in [7, 11) is 0. The summed E-state index contributed by atoms with van der Waals surface area (Å²) < 4.78 is 0. The molecule has 22 heavy (non-hydrogen) atoms. The summed E-state index contributed by atoms with van der Waals surface area (Å²) in [4.78, 5) is 0. The Kier molecular flexibility index (Phi) is 3.23. The highest BCUT2D eigenvalue weighted by Crippen LogP contribution is 2.51. The van der Waals surface area contributed by atoms with E-state index in [2.05, 4.69) is 18.2 Å². The maximum absolute atomic E-state index is 9.73. The molecule has 0 spiro atoms. The molecular weight excluding hydrogens is 270 g/mol. The van der Waals surface area contributed by atoms with E-state index in [0.29, 0.717) is 11.1 Å². The van der Waals surface area contributed by atoms with Gasteiger partial charge in [0, 0.05) is 5.92 Å². The lowest BCUT2D eigenvalue weighted by atomic mass is 9.73.